The van der Waals surface area contributed by atoms with Gasteiger partial charge in [0.2, 0.25) is 0 Å². The lowest BCUT2D eigenvalue weighted by Gasteiger charge is -2.24. The standard InChI is InChI=1S/C16H23F2NO2/c1-10(2)15(11-6-7-11)19-9-14(20)12-4-3-5-13(8-12)21-16(17)18/h3-5,8,10-11,14-16,19-20H,6-7,9H2,1-2H3. The van der Waals surface area contributed by atoms with Gasteiger partial charge in [-0.05, 0) is 42.4 Å². The van der Waals surface area contributed by atoms with Crippen LogP contribution in [0.3, 0.4) is 0 Å². The minimum atomic E-state index is -2.85. The molecule has 2 rings (SSSR count). The molecule has 1 aliphatic carbocycles. The van der Waals surface area contributed by atoms with E-state index in [4.69, 9.17) is 0 Å². The van der Waals surface area contributed by atoms with Gasteiger partial charge in [0.1, 0.15) is 5.75 Å². The zero-order valence-electron chi connectivity index (χ0n) is 12.4. The van der Waals surface area contributed by atoms with Gasteiger partial charge in [0.05, 0.1) is 6.10 Å². The number of benzene rings is 1. The summed E-state index contributed by atoms with van der Waals surface area (Å²) in [5.41, 5.74) is 0.582. The third-order valence-electron chi connectivity index (χ3n) is 3.86. The maximum absolute atomic E-state index is 12.2. The first-order valence-corrected chi connectivity index (χ1v) is 7.43. The van der Waals surface area contributed by atoms with E-state index in [0.29, 0.717) is 30.0 Å². The molecular weight excluding hydrogens is 276 g/mol. The number of alkyl halides is 2. The maximum Gasteiger partial charge on any atom is 0.387 e. The van der Waals surface area contributed by atoms with Gasteiger partial charge in [-0.2, -0.15) is 8.78 Å². The maximum atomic E-state index is 12.2. The lowest BCUT2D eigenvalue weighted by Crippen LogP contribution is -2.38. The van der Waals surface area contributed by atoms with Gasteiger partial charge in [-0.1, -0.05) is 26.0 Å². The Morgan fingerprint density at radius 3 is 2.62 bits per heavy atom. The molecule has 21 heavy (non-hydrogen) atoms. The van der Waals surface area contributed by atoms with Crippen LogP contribution in [0.2, 0.25) is 0 Å². The van der Waals surface area contributed by atoms with E-state index in [1.54, 1.807) is 12.1 Å². The van der Waals surface area contributed by atoms with Crippen molar-refractivity contribution in [1.82, 2.24) is 5.32 Å². The van der Waals surface area contributed by atoms with Crippen molar-refractivity contribution in [3.05, 3.63) is 29.8 Å². The van der Waals surface area contributed by atoms with Crippen molar-refractivity contribution < 1.29 is 18.6 Å². The van der Waals surface area contributed by atoms with Crippen LogP contribution < -0.4 is 10.1 Å². The molecule has 1 aliphatic rings. The van der Waals surface area contributed by atoms with Crippen molar-refractivity contribution >= 4 is 0 Å². The molecule has 0 spiro atoms. The summed E-state index contributed by atoms with van der Waals surface area (Å²) in [4.78, 5) is 0. The van der Waals surface area contributed by atoms with Gasteiger partial charge in [0, 0.05) is 12.6 Å². The molecule has 1 fully saturated rings. The van der Waals surface area contributed by atoms with Crippen molar-refractivity contribution in [1.29, 1.82) is 0 Å². The molecule has 0 aromatic heterocycles. The Labute approximate surface area is 124 Å². The fourth-order valence-corrected chi connectivity index (χ4v) is 2.67. The molecular formula is C16H23F2NO2. The van der Waals surface area contributed by atoms with Gasteiger partial charge in [-0.25, -0.2) is 0 Å². The van der Waals surface area contributed by atoms with Gasteiger partial charge in [-0.3, -0.25) is 0 Å². The molecule has 0 radical (unpaired) electrons. The summed E-state index contributed by atoms with van der Waals surface area (Å²) in [7, 11) is 0. The summed E-state index contributed by atoms with van der Waals surface area (Å²) in [6, 6.07) is 6.64. The summed E-state index contributed by atoms with van der Waals surface area (Å²) >= 11 is 0. The predicted octanol–water partition coefficient (Wildman–Crippen LogP) is 3.35. The highest BCUT2D eigenvalue weighted by atomic mass is 19.3. The first-order valence-electron chi connectivity index (χ1n) is 7.43. The van der Waals surface area contributed by atoms with E-state index in [2.05, 4.69) is 23.9 Å². The Morgan fingerprint density at radius 1 is 1.33 bits per heavy atom. The molecule has 1 aromatic carbocycles. The fourth-order valence-electron chi connectivity index (χ4n) is 2.67. The second kappa shape index (κ2) is 7.18. The van der Waals surface area contributed by atoms with Gasteiger partial charge < -0.3 is 15.2 Å². The minimum Gasteiger partial charge on any atom is -0.435 e. The molecule has 0 bridgehead atoms. The monoisotopic (exact) mass is 299 g/mol. The number of aliphatic hydroxyl groups is 1. The molecule has 3 nitrogen and oxygen atoms in total. The Hall–Kier alpha value is -1.20. The Balaban J connectivity index is 1.91. The Bertz CT molecular complexity index is 448. The van der Waals surface area contributed by atoms with Crippen molar-refractivity contribution in [2.45, 2.75) is 45.4 Å². The van der Waals surface area contributed by atoms with Crippen molar-refractivity contribution in [2.75, 3.05) is 6.54 Å². The van der Waals surface area contributed by atoms with Crippen LogP contribution in [-0.2, 0) is 0 Å². The summed E-state index contributed by atoms with van der Waals surface area (Å²) in [6.07, 6.45) is 1.75. The molecule has 0 aliphatic heterocycles. The lowest BCUT2D eigenvalue weighted by atomic mass is 9.99. The molecule has 2 unspecified atom stereocenters. The molecule has 118 valence electrons. The number of hydrogen-bond acceptors (Lipinski definition) is 3. The van der Waals surface area contributed by atoms with E-state index in [-0.39, 0.29) is 5.75 Å². The zero-order valence-corrected chi connectivity index (χ0v) is 12.4. The fraction of sp³-hybridized carbons (Fsp3) is 0.625. The van der Waals surface area contributed by atoms with Crippen LogP contribution in [-0.4, -0.2) is 24.3 Å². The molecule has 0 heterocycles. The average Bonchev–Trinajstić information content (AvgIpc) is 3.22. The number of hydrogen-bond donors (Lipinski definition) is 2. The van der Waals surface area contributed by atoms with Crippen molar-refractivity contribution in [3.8, 4) is 5.75 Å². The number of ether oxygens (including phenoxy) is 1. The van der Waals surface area contributed by atoms with Crippen LogP contribution in [0.1, 0.15) is 38.4 Å². The zero-order chi connectivity index (χ0) is 15.4. The molecule has 2 N–H and O–H groups in total. The third kappa shape index (κ3) is 4.93. The molecule has 1 aromatic rings. The molecule has 0 saturated heterocycles. The first kappa shape index (κ1) is 16.2. The van der Waals surface area contributed by atoms with E-state index in [1.165, 1.54) is 25.0 Å². The Kier molecular flexibility index (Phi) is 5.53. The van der Waals surface area contributed by atoms with E-state index < -0.39 is 12.7 Å². The quantitative estimate of drug-likeness (QED) is 0.773. The Morgan fingerprint density at radius 2 is 2.05 bits per heavy atom. The lowest BCUT2D eigenvalue weighted by molar-refractivity contribution is -0.0499. The predicted molar refractivity (Wildman–Crippen MR) is 77.4 cm³/mol. The van der Waals surface area contributed by atoms with Crippen LogP contribution in [0.25, 0.3) is 0 Å². The van der Waals surface area contributed by atoms with E-state index in [0.717, 1.165) is 0 Å². The molecule has 0 amide bonds. The van der Waals surface area contributed by atoms with Crippen LogP contribution in [0, 0.1) is 11.8 Å². The molecule has 1 saturated carbocycles. The van der Waals surface area contributed by atoms with E-state index in [9.17, 15) is 13.9 Å². The smallest absolute Gasteiger partial charge is 0.387 e. The SMILES string of the molecule is CC(C)C(NCC(O)c1cccc(OC(F)F)c1)C1CC1. The third-order valence-corrected chi connectivity index (χ3v) is 3.86. The highest BCUT2D eigenvalue weighted by Crippen LogP contribution is 2.35. The summed E-state index contributed by atoms with van der Waals surface area (Å²) in [5, 5.41) is 13.6. The number of rotatable bonds is 8. The van der Waals surface area contributed by atoms with Gasteiger partial charge in [0.15, 0.2) is 0 Å². The summed E-state index contributed by atoms with van der Waals surface area (Å²) < 4.78 is 28.7. The molecule has 2 atom stereocenters. The normalized spacial score (nSPS) is 18.0. The minimum absolute atomic E-state index is 0.0733. The summed E-state index contributed by atoms with van der Waals surface area (Å²) in [5.74, 6) is 1.29. The van der Waals surface area contributed by atoms with Gasteiger partial charge in [0.25, 0.3) is 0 Å². The summed E-state index contributed by atoms with van der Waals surface area (Å²) in [6.45, 7) is 1.90. The van der Waals surface area contributed by atoms with E-state index >= 15 is 0 Å². The van der Waals surface area contributed by atoms with Crippen LogP contribution >= 0.6 is 0 Å². The average molecular weight is 299 g/mol. The number of nitrogens with one attached hydrogen (secondary N) is 1. The highest BCUT2D eigenvalue weighted by molar-refractivity contribution is 5.30. The first-order chi connectivity index (χ1) is 9.97. The van der Waals surface area contributed by atoms with Crippen LogP contribution in [0.15, 0.2) is 24.3 Å². The van der Waals surface area contributed by atoms with Crippen LogP contribution in [0.4, 0.5) is 8.78 Å². The van der Waals surface area contributed by atoms with Crippen LogP contribution in [0.5, 0.6) is 5.75 Å². The second-order valence-corrected chi connectivity index (χ2v) is 5.98. The highest BCUT2D eigenvalue weighted by Gasteiger charge is 2.33. The topological polar surface area (TPSA) is 41.5 Å². The number of halogens is 2. The number of aliphatic hydroxyl groups excluding tert-OH is 1. The van der Waals surface area contributed by atoms with Gasteiger partial charge in [-0.15, -0.1) is 0 Å². The molecule has 5 heteroatoms. The van der Waals surface area contributed by atoms with E-state index in [1.807, 2.05) is 0 Å². The largest absolute Gasteiger partial charge is 0.435 e. The van der Waals surface area contributed by atoms with Crippen molar-refractivity contribution in [3.63, 3.8) is 0 Å². The van der Waals surface area contributed by atoms with Crippen molar-refractivity contribution in [2.24, 2.45) is 11.8 Å². The second-order valence-electron chi connectivity index (χ2n) is 5.98. The van der Waals surface area contributed by atoms with Gasteiger partial charge >= 0.3 is 6.61 Å².